The highest BCUT2D eigenvalue weighted by Crippen LogP contribution is 2.30. The van der Waals surface area contributed by atoms with Crippen LogP contribution in [0.4, 0.5) is 0 Å². The maximum absolute atomic E-state index is 5.97. The van der Waals surface area contributed by atoms with Crippen LogP contribution in [0.1, 0.15) is 31.6 Å². The van der Waals surface area contributed by atoms with E-state index in [1.165, 1.54) is 12.8 Å². The third kappa shape index (κ3) is 3.22. The van der Waals surface area contributed by atoms with Crippen molar-refractivity contribution in [3.8, 4) is 5.75 Å². The summed E-state index contributed by atoms with van der Waals surface area (Å²) in [6, 6.07) is 8.23. The second-order valence-electron chi connectivity index (χ2n) is 5.74. The number of furan rings is 1. The molecule has 1 aliphatic heterocycles. The van der Waals surface area contributed by atoms with E-state index in [-0.39, 0.29) is 6.04 Å². The van der Waals surface area contributed by atoms with E-state index >= 15 is 0 Å². The Balaban J connectivity index is 1.67. The maximum atomic E-state index is 5.97. The van der Waals surface area contributed by atoms with Crippen molar-refractivity contribution in [3.63, 3.8) is 0 Å². The van der Waals surface area contributed by atoms with Gasteiger partial charge in [0, 0.05) is 18.5 Å². The summed E-state index contributed by atoms with van der Waals surface area (Å²) in [6.07, 6.45) is 2.41. The summed E-state index contributed by atoms with van der Waals surface area (Å²) in [4.78, 5) is 0. The van der Waals surface area contributed by atoms with Crippen LogP contribution < -0.4 is 10.1 Å². The molecule has 1 aromatic carbocycles. The summed E-state index contributed by atoms with van der Waals surface area (Å²) in [7, 11) is 1.67. The van der Waals surface area contributed by atoms with Gasteiger partial charge >= 0.3 is 0 Å². The maximum Gasteiger partial charge on any atom is 0.176 e. The van der Waals surface area contributed by atoms with Gasteiger partial charge in [-0.25, -0.2) is 0 Å². The van der Waals surface area contributed by atoms with Crippen LogP contribution in [0.2, 0.25) is 0 Å². The Morgan fingerprint density at radius 1 is 1.43 bits per heavy atom. The minimum Gasteiger partial charge on any atom is -0.493 e. The SMILES string of the molecule is COc1cccc2cc(C(C)NCC3CCCOC3)oc12. The van der Waals surface area contributed by atoms with E-state index in [1.807, 2.05) is 18.2 Å². The van der Waals surface area contributed by atoms with Crippen molar-refractivity contribution in [1.82, 2.24) is 5.32 Å². The lowest BCUT2D eigenvalue weighted by Crippen LogP contribution is -2.30. The fraction of sp³-hybridized carbons (Fsp3) is 0.529. The molecule has 4 nitrogen and oxygen atoms in total. The highest BCUT2D eigenvalue weighted by Gasteiger charge is 2.17. The van der Waals surface area contributed by atoms with Crippen LogP contribution in [0.5, 0.6) is 5.75 Å². The number of fused-ring (bicyclic) bond motifs is 1. The molecular weight excluding hydrogens is 266 g/mol. The third-order valence-corrected chi connectivity index (χ3v) is 4.14. The van der Waals surface area contributed by atoms with Gasteiger partial charge < -0.3 is 19.2 Å². The Morgan fingerprint density at radius 3 is 3.10 bits per heavy atom. The van der Waals surface area contributed by atoms with Gasteiger partial charge in [0.05, 0.1) is 19.8 Å². The standard InChI is InChI=1S/C17H23NO3/c1-12(18-10-13-5-4-8-20-11-13)16-9-14-6-3-7-15(19-2)17(14)21-16/h3,6-7,9,12-13,18H,4-5,8,10-11H2,1-2H3. The first-order valence-corrected chi connectivity index (χ1v) is 7.65. The van der Waals surface area contributed by atoms with Crippen molar-refractivity contribution in [2.75, 3.05) is 26.9 Å². The lowest BCUT2D eigenvalue weighted by molar-refractivity contribution is 0.0537. The molecule has 2 unspecified atom stereocenters. The zero-order valence-electron chi connectivity index (χ0n) is 12.7. The highest BCUT2D eigenvalue weighted by atomic mass is 16.5. The second-order valence-corrected chi connectivity index (χ2v) is 5.74. The summed E-state index contributed by atoms with van der Waals surface area (Å²) in [5.41, 5.74) is 0.824. The summed E-state index contributed by atoms with van der Waals surface area (Å²) >= 11 is 0. The smallest absolute Gasteiger partial charge is 0.176 e. The van der Waals surface area contributed by atoms with Crippen molar-refractivity contribution in [3.05, 3.63) is 30.0 Å². The minimum absolute atomic E-state index is 0.184. The zero-order chi connectivity index (χ0) is 14.7. The van der Waals surface area contributed by atoms with E-state index in [1.54, 1.807) is 7.11 Å². The highest BCUT2D eigenvalue weighted by molar-refractivity contribution is 5.83. The van der Waals surface area contributed by atoms with Crippen LogP contribution in [0, 0.1) is 5.92 Å². The van der Waals surface area contributed by atoms with E-state index in [2.05, 4.69) is 18.3 Å². The molecule has 2 heterocycles. The summed E-state index contributed by atoms with van der Waals surface area (Å²) in [6.45, 7) is 4.88. The quantitative estimate of drug-likeness (QED) is 0.914. The molecule has 4 heteroatoms. The van der Waals surface area contributed by atoms with Crippen LogP contribution in [0.15, 0.2) is 28.7 Å². The van der Waals surface area contributed by atoms with Gasteiger partial charge in [-0.1, -0.05) is 12.1 Å². The van der Waals surface area contributed by atoms with Crippen molar-refractivity contribution in [2.24, 2.45) is 5.92 Å². The van der Waals surface area contributed by atoms with Gasteiger partial charge in [0.25, 0.3) is 0 Å². The molecule has 0 bridgehead atoms. The average Bonchev–Trinajstić information content (AvgIpc) is 2.97. The number of methoxy groups -OCH3 is 1. The normalized spacial score (nSPS) is 20.6. The second kappa shape index (κ2) is 6.50. The number of benzene rings is 1. The Labute approximate surface area is 125 Å². The molecule has 21 heavy (non-hydrogen) atoms. The van der Waals surface area contributed by atoms with E-state index in [0.29, 0.717) is 5.92 Å². The number of hydrogen-bond acceptors (Lipinski definition) is 4. The predicted octanol–water partition coefficient (Wildman–Crippen LogP) is 3.52. The summed E-state index contributed by atoms with van der Waals surface area (Å²) in [5, 5.41) is 4.63. The molecule has 1 fully saturated rings. The molecule has 2 aromatic rings. The monoisotopic (exact) mass is 289 g/mol. The molecule has 114 valence electrons. The lowest BCUT2D eigenvalue weighted by atomic mass is 10.0. The van der Waals surface area contributed by atoms with Crippen molar-refractivity contribution >= 4 is 11.0 Å². The number of rotatable bonds is 5. The minimum atomic E-state index is 0.184. The largest absolute Gasteiger partial charge is 0.493 e. The molecule has 0 spiro atoms. The van der Waals surface area contributed by atoms with Gasteiger partial charge in [-0.15, -0.1) is 0 Å². The van der Waals surface area contributed by atoms with Crippen LogP contribution in [-0.4, -0.2) is 26.9 Å². The van der Waals surface area contributed by atoms with E-state index in [9.17, 15) is 0 Å². The van der Waals surface area contributed by atoms with Gasteiger partial charge in [0.1, 0.15) is 5.76 Å². The number of nitrogens with one attached hydrogen (secondary N) is 1. The molecule has 3 rings (SSSR count). The van der Waals surface area contributed by atoms with Gasteiger partial charge in [0.2, 0.25) is 0 Å². The molecular formula is C17H23NO3. The molecule has 0 amide bonds. The molecule has 0 saturated carbocycles. The Kier molecular flexibility index (Phi) is 4.46. The molecule has 0 radical (unpaired) electrons. The van der Waals surface area contributed by atoms with E-state index < -0.39 is 0 Å². The number of para-hydroxylation sites is 1. The van der Waals surface area contributed by atoms with Crippen LogP contribution in [0.25, 0.3) is 11.0 Å². The zero-order valence-corrected chi connectivity index (χ0v) is 12.7. The average molecular weight is 289 g/mol. The molecule has 0 aliphatic carbocycles. The fourth-order valence-corrected chi connectivity index (χ4v) is 2.84. The topological polar surface area (TPSA) is 43.6 Å². The van der Waals surface area contributed by atoms with Gasteiger partial charge in [-0.3, -0.25) is 0 Å². The van der Waals surface area contributed by atoms with E-state index in [0.717, 1.165) is 42.2 Å². The Bertz CT molecular complexity index is 587. The molecule has 1 aliphatic rings. The first kappa shape index (κ1) is 14.4. The van der Waals surface area contributed by atoms with Crippen molar-refractivity contribution < 1.29 is 13.9 Å². The molecule has 1 N–H and O–H groups in total. The third-order valence-electron chi connectivity index (χ3n) is 4.14. The van der Waals surface area contributed by atoms with Crippen LogP contribution in [-0.2, 0) is 4.74 Å². The van der Waals surface area contributed by atoms with Crippen molar-refractivity contribution in [2.45, 2.75) is 25.8 Å². The van der Waals surface area contributed by atoms with Crippen molar-refractivity contribution in [1.29, 1.82) is 0 Å². The van der Waals surface area contributed by atoms with Crippen LogP contribution in [0.3, 0.4) is 0 Å². The summed E-state index contributed by atoms with van der Waals surface area (Å²) < 4.78 is 16.8. The van der Waals surface area contributed by atoms with Crippen LogP contribution >= 0.6 is 0 Å². The number of ether oxygens (including phenoxy) is 2. The van der Waals surface area contributed by atoms with Gasteiger partial charge in [0.15, 0.2) is 11.3 Å². The Hall–Kier alpha value is -1.52. The molecule has 1 saturated heterocycles. The first-order valence-electron chi connectivity index (χ1n) is 7.65. The summed E-state index contributed by atoms with van der Waals surface area (Å²) in [5.74, 6) is 2.35. The predicted molar refractivity (Wildman–Crippen MR) is 82.7 cm³/mol. The van der Waals surface area contributed by atoms with Gasteiger partial charge in [-0.05, 0) is 37.8 Å². The Morgan fingerprint density at radius 2 is 2.33 bits per heavy atom. The van der Waals surface area contributed by atoms with E-state index in [4.69, 9.17) is 13.9 Å². The molecule has 2 atom stereocenters. The number of hydrogen-bond donors (Lipinski definition) is 1. The fourth-order valence-electron chi connectivity index (χ4n) is 2.84. The lowest BCUT2D eigenvalue weighted by Gasteiger charge is -2.23. The molecule has 1 aromatic heterocycles. The van der Waals surface area contributed by atoms with Gasteiger partial charge in [-0.2, -0.15) is 0 Å². The first-order chi connectivity index (χ1) is 10.3.